The summed E-state index contributed by atoms with van der Waals surface area (Å²) in [6.07, 6.45) is -0.741. The number of aliphatic hydroxyl groups excluding tert-OH is 1. The van der Waals surface area contributed by atoms with Crippen LogP contribution in [-0.2, 0) is 0 Å². The molecule has 0 aromatic heterocycles. The van der Waals surface area contributed by atoms with E-state index in [0.717, 1.165) is 0 Å². The standard InChI is InChI=1S/C14H19F2NO3/c1-14(2,3)11(18)8-17-12(19)9-6-4-5-7-10(9)20-13(15)16/h4-7,11,13,18H,8H2,1-3H3,(H,17,19). The van der Waals surface area contributed by atoms with Crippen LogP contribution in [0.15, 0.2) is 24.3 Å². The van der Waals surface area contributed by atoms with Crippen molar-refractivity contribution in [3.8, 4) is 5.75 Å². The Hall–Kier alpha value is -1.69. The minimum absolute atomic E-state index is 0.00825. The smallest absolute Gasteiger partial charge is 0.387 e. The van der Waals surface area contributed by atoms with Crippen LogP contribution in [0.1, 0.15) is 31.1 Å². The molecule has 0 saturated heterocycles. The molecule has 2 N–H and O–H groups in total. The van der Waals surface area contributed by atoms with E-state index in [1.165, 1.54) is 18.2 Å². The molecule has 0 saturated carbocycles. The van der Waals surface area contributed by atoms with Crippen LogP contribution in [0.5, 0.6) is 5.75 Å². The number of carbonyl (C=O) groups excluding carboxylic acids is 1. The van der Waals surface area contributed by atoms with Crippen LogP contribution in [0.25, 0.3) is 0 Å². The fourth-order valence-electron chi connectivity index (χ4n) is 1.44. The number of nitrogens with one attached hydrogen (secondary N) is 1. The molecule has 0 bridgehead atoms. The number of amides is 1. The SMILES string of the molecule is CC(C)(C)C(O)CNC(=O)c1ccccc1OC(F)F. The van der Waals surface area contributed by atoms with Gasteiger partial charge in [-0.15, -0.1) is 0 Å². The molecule has 0 radical (unpaired) electrons. The first kappa shape index (κ1) is 16.4. The van der Waals surface area contributed by atoms with Crippen LogP contribution >= 0.6 is 0 Å². The molecule has 0 aliphatic heterocycles. The second kappa shape index (κ2) is 6.65. The van der Waals surface area contributed by atoms with Gasteiger partial charge in [0, 0.05) is 6.54 Å². The van der Waals surface area contributed by atoms with Crippen molar-refractivity contribution in [1.82, 2.24) is 5.32 Å². The predicted molar refractivity (Wildman–Crippen MR) is 70.9 cm³/mol. The highest BCUT2D eigenvalue weighted by atomic mass is 19.3. The van der Waals surface area contributed by atoms with E-state index in [1.54, 1.807) is 6.07 Å². The molecule has 1 amide bonds. The van der Waals surface area contributed by atoms with Crippen LogP contribution in [-0.4, -0.2) is 30.3 Å². The van der Waals surface area contributed by atoms with E-state index in [0.29, 0.717) is 0 Å². The first-order chi connectivity index (χ1) is 9.21. The lowest BCUT2D eigenvalue weighted by Crippen LogP contribution is -2.39. The van der Waals surface area contributed by atoms with Gasteiger partial charge < -0.3 is 15.2 Å². The van der Waals surface area contributed by atoms with Gasteiger partial charge in [0.15, 0.2) is 0 Å². The zero-order valence-electron chi connectivity index (χ0n) is 11.7. The number of halogens is 2. The van der Waals surface area contributed by atoms with E-state index in [4.69, 9.17) is 0 Å². The number of para-hydroxylation sites is 1. The third-order valence-electron chi connectivity index (χ3n) is 2.80. The summed E-state index contributed by atoms with van der Waals surface area (Å²) < 4.78 is 28.8. The lowest BCUT2D eigenvalue weighted by molar-refractivity contribution is -0.0501. The van der Waals surface area contributed by atoms with E-state index >= 15 is 0 Å². The Balaban J connectivity index is 2.73. The normalized spacial score (nSPS) is 13.2. The van der Waals surface area contributed by atoms with Gasteiger partial charge in [-0.2, -0.15) is 8.78 Å². The maximum atomic E-state index is 12.2. The number of benzene rings is 1. The van der Waals surface area contributed by atoms with E-state index < -0.39 is 18.6 Å². The predicted octanol–water partition coefficient (Wildman–Crippen LogP) is 2.42. The zero-order valence-corrected chi connectivity index (χ0v) is 11.7. The molecule has 1 aromatic rings. The number of hydrogen-bond acceptors (Lipinski definition) is 3. The Morgan fingerprint density at radius 2 is 1.95 bits per heavy atom. The van der Waals surface area contributed by atoms with Crippen molar-refractivity contribution in [2.75, 3.05) is 6.54 Å². The van der Waals surface area contributed by atoms with Crippen LogP contribution < -0.4 is 10.1 Å². The maximum Gasteiger partial charge on any atom is 0.387 e. The lowest BCUT2D eigenvalue weighted by atomic mass is 9.89. The summed E-state index contributed by atoms with van der Waals surface area (Å²) in [7, 11) is 0. The molecule has 0 spiro atoms. The summed E-state index contributed by atoms with van der Waals surface area (Å²) in [5.74, 6) is -0.755. The van der Waals surface area contributed by atoms with E-state index in [9.17, 15) is 18.7 Å². The average Bonchev–Trinajstić information content (AvgIpc) is 2.34. The summed E-state index contributed by atoms with van der Waals surface area (Å²) in [6.45, 7) is 2.53. The molecule has 0 aliphatic carbocycles. The fourth-order valence-corrected chi connectivity index (χ4v) is 1.44. The average molecular weight is 287 g/mol. The van der Waals surface area contributed by atoms with Gasteiger partial charge in [-0.25, -0.2) is 0 Å². The first-order valence-corrected chi connectivity index (χ1v) is 6.22. The largest absolute Gasteiger partial charge is 0.434 e. The van der Waals surface area contributed by atoms with Gasteiger partial charge in [0.1, 0.15) is 5.75 Å². The Bertz CT molecular complexity index is 458. The molecule has 1 unspecified atom stereocenters. The van der Waals surface area contributed by atoms with Gasteiger partial charge in [0.25, 0.3) is 5.91 Å². The topological polar surface area (TPSA) is 58.6 Å². The molecule has 112 valence electrons. The molecule has 1 aromatic carbocycles. The minimum Gasteiger partial charge on any atom is -0.434 e. The first-order valence-electron chi connectivity index (χ1n) is 6.22. The van der Waals surface area contributed by atoms with Crippen LogP contribution in [0.4, 0.5) is 8.78 Å². The molecule has 0 fully saturated rings. The number of rotatable bonds is 5. The zero-order chi connectivity index (χ0) is 15.3. The summed E-state index contributed by atoms with van der Waals surface area (Å²) in [4.78, 5) is 11.9. The molecule has 0 heterocycles. The van der Waals surface area contributed by atoms with Crippen LogP contribution in [0.2, 0.25) is 0 Å². The third kappa shape index (κ3) is 4.77. The van der Waals surface area contributed by atoms with Gasteiger partial charge in [-0.05, 0) is 17.5 Å². The molecular weight excluding hydrogens is 268 g/mol. The highest BCUT2D eigenvalue weighted by Gasteiger charge is 2.23. The Labute approximate surface area is 116 Å². The highest BCUT2D eigenvalue weighted by molar-refractivity contribution is 5.96. The van der Waals surface area contributed by atoms with E-state index in [1.807, 2.05) is 20.8 Å². The van der Waals surface area contributed by atoms with Crippen molar-refractivity contribution >= 4 is 5.91 Å². The highest BCUT2D eigenvalue weighted by Crippen LogP contribution is 2.21. The van der Waals surface area contributed by atoms with Crippen molar-refractivity contribution in [3.63, 3.8) is 0 Å². The number of aliphatic hydroxyl groups is 1. The molecule has 0 aliphatic rings. The molecule has 4 nitrogen and oxygen atoms in total. The molecule has 6 heteroatoms. The van der Waals surface area contributed by atoms with Gasteiger partial charge in [-0.1, -0.05) is 32.9 Å². The molecule has 20 heavy (non-hydrogen) atoms. The summed E-state index contributed by atoms with van der Waals surface area (Å²) in [6, 6.07) is 5.73. The Morgan fingerprint density at radius 3 is 2.50 bits per heavy atom. The molecular formula is C14H19F2NO3. The van der Waals surface area contributed by atoms with Gasteiger partial charge >= 0.3 is 6.61 Å². The van der Waals surface area contributed by atoms with Crippen LogP contribution in [0, 0.1) is 5.41 Å². The van der Waals surface area contributed by atoms with Crippen molar-refractivity contribution in [1.29, 1.82) is 0 Å². The molecule has 1 atom stereocenters. The third-order valence-corrected chi connectivity index (χ3v) is 2.80. The Kier molecular flexibility index (Phi) is 5.44. The number of carbonyl (C=O) groups is 1. The second-order valence-corrected chi connectivity index (χ2v) is 5.47. The summed E-state index contributed by atoms with van der Waals surface area (Å²) >= 11 is 0. The summed E-state index contributed by atoms with van der Waals surface area (Å²) in [5, 5.41) is 12.3. The number of alkyl halides is 2. The van der Waals surface area contributed by atoms with Gasteiger partial charge in [0.05, 0.1) is 11.7 Å². The number of ether oxygens (including phenoxy) is 1. The summed E-state index contributed by atoms with van der Waals surface area (Å²) in [5.41, 5.74) is -0.374. The lowest BCUT2D eigenvalue weighted by Gasteiger charge is -2.26. The van der Waals surface area contributed by atoms with E-state index in [-0.39, 0.29) is 23.3 Å². The van der Waals surface area contributed by atoms with Crippen molar-refractivity contribution < 1.29 is 23.4 Å². The quantitative estimate of drug-likeness (QED) is 0.874. The minimum atomic E-state index is -3.00. The number of hydrogen-bond donors (Lipinski definition) is 2. The Morgan fingerprint density at radius 1 is 1.35 bits per heavy atom. The van der Waals surface area contributed by atoms with Gasteiger partial charge in [-0.3, -0.25) is 4.79 Å². The van der Waals surface area contributed by atoms with Crippen LogP contribution in [0.3, 0.4) is 0 Å². The van der Waals surface area contributed by atoms with Crippen molar-refractivity contribution in [2.24, 2.45) is 5.41 Å². The monoisotopic (exact) mass is 287 g/mol. The maximum absolute atomic E-state index is 12.2. The van der Waals surface area contributed by atoms with E-state index in [2.05, 4.69) is 10.1 Å². The second-order valence-electron chi connectivity index (χ2n) is 5.47. The van der Waals surface area contributed by atoms with Crippen molar-refractivity contribution in [2.45, 2.75) is 33.5 Å². The fraction of sp³-hybridized carbons (Fsp3) is 0.500. The van der Waals surface area contributed by atoms with Gasteiger partial charge in [0.2, 0.25) is 0 Å². The molecule has 1 rings (SSSR count). The van der Waals surface area contributed by atoms with Crippen molar-refractivity contribution in [3.05, 3.63) is 29.8 Å².